The van der Waals surface area contributed by atoms with Gasteiger partial charge in [0.2, 0.25) is 5.91 Å². The second-order valence-electron chi connectivity index (χ2n) is 6.92. The summed E-state index contributed by atoms with van der Waals surface area (Å²) in [6, 6.07) is 15.5. The molecule has 0 saturated carbocycles. The number of rotatable bonds is 3. The molecule has 0 N–H and O–H groups in total. The van der Waals surface area contributed by atoms with Gasteiger partial charge in [-0.25, -0.2) is 0 Å². The molecule has 1 heterocycles. The summed E-state index contributed by atoms with van der Waals surface area (Å²) < 4.78 is 11.8. The minimum absolute atomic E-state index is 0.0276. The van der Waals surface area contributed by atoms with E-state index in [1.807, 2.05) is 53.4 Å². The maximum atomic E-state index is 12.5. The molecule has 1 atom stereocenters. The van der Waals surface area contributed by atoms with Crippen molar-refractivity contribution in [2.24, 2.45) is 0 Å². The van der Waals surface area contributed by atoms with Gasteiger partial charge in [0.15, 0.2) is 0 Å². The third-order valence-electron chi connectivity index (χ3n) is 5.45. The maximum Gasteiger partial charge on any atom is 0.220 e. The van der Waals surface area contributed by atoms with Crippen molar-refractivity contribution in [2.45, 2.75) is 19.4 Å². The average Bonchev–Trinajstić information content (AvgIpc) is 2.71. The van der Waals surface area contributed by atoms with Crippen LogP contribution in [0.2, 0.25) is 5.02 Å². The van der Waals surface area contributed by atoms with Gasteiger partial charge in [0.05, 0.1) is 20.3 Å². The van der Waals surface area contributed by atoms with Gasteiger partial charge >= 0.3 is 0 Å². The molecule has 0 aliphatic carbocycles. The fourth-order valence-corrected chi connectivity index (χ4v) is 4.41. The first-order valence-corrected chi connectivity index (χ1v) is 9.62. The van der Waals surface area contributed by atoms with Crippen molar-refractivity contribution < 1.29 is 14.3 Å². The molecule has 0 spiro atoms. The summed E-state index contributed by atoms with van der Waals surface area (Å²) in [4.78, 5) is 14.4. The van der Waals surface area contributed by atoms with E-state index in [4.69, 9.17) is 21.1 Å². The first kappa shape index (κ1) is 18.6. The van der Waals surface area contributed by atoms with Crippen LogP contribution in [0.5, 0.6) is 11.5 Å². The molecule has 0 fully saturated rings. The number of carbonyl (C=O) groups is 1. The number of methoxy groups -OCH3 is 2. The van der Waals surface area contributed by atoms with E-state index in [0.29, 0.717) is 18.0 Å². The lowest BCUT2D eigenvalue weighted by molar-refractivity contribution is -0.130. The topological polar surface area (TPSA) is 38.8 Å². The minimum atomic E-state index is -0.257. The van der Waals surface area contributed by atoms with Crippen LogP contribution in [0.3, 0.4) is 0 Å². The second kappa shape index (κ2) is 7.36. The van der Waals surface area contributed by atoms with Gasteiger partial charge in [0, 0.05) is 40.4 Å². The molecule has 0 saturated heterocycles. The molecule has 1 aliphatic heterocycles. The van der Waals surface area contributed by atoms with Crippen molar-refractivity contribution >= 4 is 28.3 Å². The minimum Gasteiger partial charge on any atom is -0.496 e. The van der Waals surface area contributed by atoms with E-state index in [1.54, 1.807) is 21.1 Å². The van der Waals surface area contributed by atoms with Crippen molar-refractivity contribution in [3.8, 4) is 11.5 Å². The number of fused-ring (bicyclic) bond motifs is 2. The summed E-state index contributed by atoms with van der Waals surface area (Å²) in [7, 11) is 3.38. The Bertz CT molecular complexity index is 1050. The largest absolute Gasteiger partial charge is 0.496 e. The first-order chi connectivity index (χ1) is 13.6. The van der Waals surface area contributed by atoms with E-state index in [2.05, 4.69) is 0 Å². The number of benzene rings is 3. The molecule has 28 heavy (non-hydrogen) atoms. The van der Waals surface area contributed by atoms with Crippen LogP contribution in [-0.4, -0.2) is 31.6 Å². The molecule has 0 radical (unpaired) electrons. The Balaban J connectivity index is 2.08. The summed E-state index contributed by atoms with van der Waals surface area (Å²) >= 11 is 6.11. The van der Waals surface area contributed by atoms with Gasteiger partial charge in [0.25, 0.3) is 0 Å². The highest BCUT2D eigenvalue weighted by Gasteiger charge is 2.36. The molecule has 3 aromatic carbocycles. The summed E-state index contributed by atoms with van der Waals surface area (Å²) in [6.45, 7) is 2.23. The number of hydrogen-bond donors (Lipinski definition) is 0. The van der Waals surface area contributed by atoms with Crippen LogP contribution in [0.4, 0.5) is 0 Å². The van der Waals surface area contributed by atoms with Gasteiger partial charge < -0.3 is 14.4 Å². The zero-order valence-corrected chi connectivity index (χ0v) is 16.9. The summed E-state index contributed by atoms with van der Waals surface area (Å²) in [5.41, 5.74) is 3.08. The molecule has 1 aliphatic rings. The van der Waals surface area contributed by atoms with Gasteiger partial charge in [-0.05, 0) is 24.1 Å². The Morgan fingerprint density at radius 1 is 1.00 bits per heavy atom. The second-order valence-corrected chi connectivity index (χ2v) is 7.36. The van der Waals surface area contributed by atoms with Crippen molar-refractivity contribution in [1.82, 2.24) is 4.90 Å². The monoisotopic (exact) mass is 395 g/mol. The number of nitrogens with zero attached hydrogens (tertiary/aromatic N) is 1. The standard InChI is InChI=1S/C23H22ClNO3/c1-14(26)25-13-12-19-20(21(25)15-8-10-16(24)11-9-15)23(28-3)18-7-5-4-6-17(18)22(19)27-2/h4-11,21H,12-13H2,1-3H3. The summed E-state index contributed by atoms with van der Waals surface area (Å²) in [5.74, 6) is 1.67. The molecule has 4 rings (SSSR count). The number of halogens is 1. The number of ether oxygens (including phenoxy) is 2. The zero-order chi connectivity index (χ0) is 19.8. The van der Waals surface area contributed by atoms with Crippen LogP contribution in [0.1, 0.15) is 29.7 Å². The normalized spacial score (nSPS) is 16.0. The van der Waals surface area contributed by atoms with Gasteiger partial charge in [0.1, 0.15) is 11.5 Å². The highest BCUT2D eigenvalue weighted by molar-refractivity contribution is 6.30. The van der Waals surface area contributed by atoms with Crippen molar-refractivity contribution in [3.05, 3.63) is 70.2 Å². The number of amides is 1. The van der Waals surface area contributed by atoms with E-state index in [0.717, 1.165) is 39.0 Å². The van der Waals surface area contributed by atoms with Gasteiger partial charge in [-0.15, -0.1) is 0 Å². The molecule has 5 heteroatoms. The van der Waals surface area contributed by atoms with Crippen molar-refractivity contribution in [3.63, 3.8) is 0 Å². The van der Waals surface area contributed by atoms with Crippen LogP contribution < -0.4 is 9.47 Å². The fourth-order valence-electron chi connectivity index (χ4n) is 4.28. The Labute approximate surface area is 169 Å². The molecule has 3 aromatic rings. The fraction of sp³-hybridized carbons (Fsp3) is 0.261. The molecule has 1 unspecified atom stereocenters. The average molecular weight is 396 g/mol. The van der Waals surface area contributed by atoms with E-state index >= 15 is 0 Å². The Hall–Kier alpha value is -2.72. The smallest absolute Gasteiger partial charge is 0.220 e. The van der Waals surface area contributed by atoms with Crippen molar-refractivity contribution in [1.29, 1.82) is 0 Å². The van der Waals surface area contributed by atoms with E-state index in [-0.39, 0.29) is 11.9 Å². The Morgan fingerprint density at radius 3 is 2.18 bits per heavy atom. The lowest BCUT2D eigenvalue weighted by Crippen LogP contribution is -2.39. The predicted molar refractivity (Wildman–Crippen MR) is 111 cm³/mol. The van der Waals surface area contributed by atoms with Gasteiger partial charge in [-0.3, -0.25) is 4.79 Å². The number of carbonyl (C=O) groups excluding carboxylic acids is 1. The van der Waals surface area contributed by atoms with Crippen LogP contribution >= 0.6 is 11.6 Å². The third-order valence-corrected chi connectivity index (χ3v) is 5.70. The van der Waals surface area contributed by atoms with Gasteiger partial charge in [-0.2, -0.15) is 0 Å². The van der Waals surface area contributed by atoms with Crippen LogP contribution in [0.25, 0.3) is 10.8 Å². The van der Waals surface area contributed by atoms with Crippen LogP contribution in [0, 0.1) is 0 Å². The molecular formula is C23H22ClNO3. The highest BCUT2D eigenvalue weighted by Crippen LogP contribution is 2.49. The van der Waals surface area contributed by atoms with Crippen LogP contribution in [-0.2, 0) is 11.2 Å². The number of hydrogen-bond acceptors (Lipinski definition) is 3. The lowest BCUT2D eigenvalue weighted by atomic mass is 9.84. The molecule has 0 aromatic heterocycles. The maximum absolute atomic E-state index is 12.5. The SMILES string of the molecule is COc1c2c(c(OC)c3ccccc13)C(c1ccc(Cl)cc1)N(C(C)=O)CC2. The van der Waals surface area contributed by atoms with Crippen LogP contribution in [0.15, 0.2) is 48.5 Å². The molecule has 0 bridgehead atoms. The highest BCUT2D eigenvalue weighted by atomic mass is 35.5. The van der Waals surface area contributed by atoms with E-state index < -0.39 is 0 Å². The first-order valence-electron chi connectivity index (χ1n) is 9.25. The molecule has 1 amide bonds. The summed E-state index contributed by atoms with van der Waals surface area (Å²) in [6.07, 6.45) is 0.712. The predicted octanol–water partition coefficient (Wildman–Crippen LogP) is 5.00. The Morgan fingerprint density at radius 2 is 1.61 bits per heavy atom. The molecular weight excluding hydrogens is 374 g/mol. The quantitative estimate of drug-likeness (QED) is 0.626. The molecule has 4 nitrogen and oxygen atoms in total. The Kier molecular flexibility index (Phi) is 4.90. The third kappa shape index (κ3) is 2.89. The summed E-state index contributed by atoms with van der Waals surface area (Å²) in [5, 5.41) is 2.66. The molecule has 144 valence electrons. The van der Waals surface area contributed by atoms with E-state index in [1.165, 1.54) is 0 Å². The lowest BCUT2D eigenvalue weighted by Gasteiger charge is -2.39. The van der Waals surface area contributed by atoms with E-state index in [9.17, 15) is 4.79 Å². The van der Waals surface area contributed by atoms with Gasteiger partial charge in [-0.1, -0.05) is 48.0 Å². The zero-order valence-electron chi connectivity index (χ0n) is 16.2. The van der Waals surface area contributed by atoms with Crippen molar-refractivity contribution in [2.75, 3.05) is 20.8 Å².